The summed E-state index contributed by atoms with van der Waals surface area (Å²) in [5.41, 5.74) is -1.36. The number of nitrogens with zero attached hydrogens (tertiary/aromatic N) is 1. The molecular formula is C14H10F3NS. The van der Waals surface area contributed by atoms with Gasteiger partial charge in [0.25, 0.3) is 0 Å². The summed E-state index contributed by atoms with van der Waals surface area (Å²) in [6.45, 7) is 1.52. The van der Waals surface area contributed by atoms with E-state index in [1.165, 1.54) is 18.3 Å². The van der Waals surface area contributed by atoms with Gasteiger partial charge in [-0.05, 0) is 24.4 Å². The highest BCUT2D eigenvalue weighted by atomic mass is 32.1. The molecule has 0 spiro atoms. The van der Waals surface area contributed by atoms with Gasteiger partial charge in [0.2, 0.25) is 0 Å². The predicted molar refractivity (Wildman–Crippen MR) is 67.3 cm³/mol. The number of hydrogen-bond donors (Lipinski definition) is 0. The Hall–Kier alpha value is -1.80. The molecule has 19 heavy (non-hydrogen) atoms. The van der Waals surface area contributed by atoms with Gasteiger partial charge >= 0.3 is 0 Å². The first-order chi connectivity index (χ1) is 8.98. The van der Waals surface area contributed by atoms with E-state index in [9.17, 15) is 18.4 Å². The summed E-state index contributed by atoms with van der Waals surface area (Å²) in [5.74, 6) is -4.08. The van der Waals surface area contributed by atoms with E-state index < -0.39 is 22.9 Å². The Balaban J connectivity index is 2.48. The van der Waals surface area contributed by atoms with E-state index >= 15 is 0 Å². The van der Waals surface area contributed by atoms with Crippen LogP contribution in [0.5, 0.6) is 0 Å². The highest BCUT2D eigenvalue weighted by Gasteiger charge is 2.32. The quantitative estimate of drug-likeness (QED) is 0.774. The normalized spacial score (nSPS) is 13.8. The zero-order valence-electron chi connectivity index (χ0n) is 10.1. The molecule has 0 aliphatic heterocycles. The molecule has 2 aromatic rings. The van der Waals surface area contributed by atoms with Crippen molar-refractivity contribution in [3.05, 3.63) is 57.5 Å². The first-order valence-electron chi connectivity index (χ1n) is 5.55. The SMILES string of the molecule is CC(C#N)(Cc1cccs1)c1ccc(F)c(F)c1F. The lowest BCUT2D eigenvalue weighted by atomic mass is 9.80. The van der Waals surface area contributed by atoms with E-state index in [1.807, 2.05) is 23.6 Å². The summed E-state index contributed by atoms with van der Waals surface area (Å²) in [7, 11) is 0. The molecule has 0 N–H and O–H groups in total. The van der Waals surface area contributed by atoms with Crippen molar-refractivity contribution in [2.24, 2.45) is 0 Å². The van der Waals surface area contributed by atoms with Crippen LogP contribution < -0.4 is 0 Å². The standard InChI is InChI=1S/C14H10F3NS/c1-14(8-18,7-9-3-2-6-19-9)10-4-5-11(15)13(17)12(10)16/h2-6H,7H2,1H3. The maximum atomic E-state index is 13.8. The van der Waals surface area contributed by atoms with E-state index in [1.54, 1.807) is 0 Å². The fraction of sp³-hybridized carbons (Fsp3) is 0.214. The van der Waals surface area contributed by atoms with Crippen LogP contribution in [0.4, 0.5) is 13.2 Å². The monoisotopic (exact) mass is 281 g/mol. The van der Waals surface area contributed by atoms with Crippen LogP contribution >= 0.6 is 11.3 Å². The van der Waals surface area contributed by atoms with E-state index in [0.29, 0.717) is 0 Å². The van der Waals surface area contributed by atoms with Crippen LogP contribution in [0, 0.1) is 28.8 Å². The second-order valence-corrected chi connectivity index (χ2v) is 5.46. The van der Waals surface area contributed by atoms with Gasteiger partial charge in [0, 0.05) is 16.9 Å². The van der Waals surface area contributed by atoms with Crippen molar-refractivity contribution in [2.75, 3.05) is 0 Å². The predicted octanol–water partition coefficient (Wildman–Crippen LogP) is 4.19. The molecule has 0 bridgehead atoms. The van der Waals surface area contributed by atoms with Crippen LogP contribution in [-0.4, -0.2) is 0 Å². The van der Waals surface area contributed by atoms with Gasteiger partial charge in [-0.2, -0.15) is 5.26 Å². The minimum atomic E-state index is -1.54. The lowest BCUT2D eigenvalue weighted by Crippen LogP contribution is -2.24. The molecular weight excluding hydrogens is 271 g/mol. The van der Waals surface area contributed by atoms with Crippen LogP contribution in [0.2, 0.25) is 0 Å². The molecule has 1 nitrogen and oxygen atoms in total. The molecule has 98 valence electrons. The molecule has 1 aromatic heterocycles. The van der Waals surface area contributed by atoms with Crippen LogP contribution in [0.25, 0.3) is 0 Å². The number of hydrogen-bond acceptors (Lipinski definition) is 2. The van der Waals surface area contributed by atoms with Gasteiger partial charge in [0.15, 0.2) is 17.5 Å². The van der Waals surface area contributed by atoms with Crippen molar-refractivity contribution in [1.29, 1.82) is 5.26 Å². The minimum Gasteiger partial charge on any atom is -0.204 e. The van der Waals surface area contributed by atoms with Crippen LogP contribution in [0.15, 0.2) is 29.6 Å². The third kappa shape index (κ3) is 2.49. The highest BCUT2D eigenvalue weighted by molar-refractivity contribution is 7.09. The number of rotatable bonds is 3. The second-order valence-electron chi connectivity index (χ2n) is 4.42. The Morgan fingerprint density at radius 3 is 2.53 bits per heavy atom. The lowest BCUT2D eigenvalue weighted by molar-refractivity contribution is 0.427. The summed E-state index contributed by atoms with van der Waals surface area (Å²) in [5, 5.41) is 11.1. The summed E-state index contributed by atoms with van der Waals surface area (Å²) < 4.78 is 40.0. The average molecular weight is 281 g/mol. The third-order valence-corrected chi connectivity index (χ3v) is 3.86. The van der Waals surface area contributed by atoms with Gasteiger partial charge in [-0.25, -0.2) is 13.2 Å². The maximum absolute atomic E-state index is 13.8. The van der Waals surface area contributed by atoms with Crippen LogP contribution in [0.3, 0.4) is 0 Å². The van der Waals surface area contributed by atoms with Gasteiger partial charge in [-0.15, -0.1) is 11.3 Å². The Kier molecular flexibility index (Phi) is 3.63. The van der Waals surface area contributed by atoms with Gasteiger partial charge in [0.1, 0.15) is 0 Å². The molecule has 0 aliphatic carbocycles. The van der Waals surface area contributed by atoms with E-state index in [0.717, 1.165) is 17.0 Å². The molecule has 0 saturated heterocycles. The fourth-order valence-electron chi connectivity index (χ4n) is 1.91. The largest absolute Gasteiger partial charge is 0.204 e. The summed E-state index contributed by atoms with van der Waals surface area (Å²) in [6.07, 6.45) is 0.253. The lowest BCUT2D eigenvalue weighted by Gasteiger charge is -2.22. The maximum Gasteiger partial charge on any atom is 0.194 e. The molecule has 0 fully saturated rings. The second kappa shape index (κ2) is 5.06. The Morgan fingerprint density at radius 1 is 1.21 bits per heavy atom. The average Bonchev–Trinajstić information content (AvgIpc) is 2.88. The summed E-state index contributed by atoms with van der Waals surface area (Å²) >= 11 is 1.43. The molecule has 1 aromatic carbocycles. The summed E-state index contributed by atoms with van der Waals surface area (Å²) in [6, 6.07) is 7.61. The Labute approximate surface area is 112 Å². The first kappa shape index (κ1) is 13.6. The molecule has 1 heterocycles. The number of nitriles is 1. The molecule has 2 rings (SSSR count). The van der Waals surface area contributed by atoms with Crippen molar-refractivity contribution in [3.8, 4) is 6.07 Å². The van der Waals surface area contributed by atoms with Gasteiger partial charge in [0.05, 0.1) is 11.5 Å². The molecule has 0 aliphatic rings. The van der Waals surface area contributed by atoms with Crippen molar-refractivity contribution >= 4 is 11.3 Å². The number of thiophene rings is 1. The molecule has 0 amide bonds. The highest BCUT2D eigenvalue weighted by Crippen LogP contribution is 2.32. The number of benzene rings is 1. The van der Waals surface area contributed by atoms with Crippen LogP contribution in [0.1, 0.15) is 17.4 Å². The minimum absolute atomic E-state index is 0.123. The topological polar surface area (TPSA) is 23.8 Å². The van der Waals surface area contributed by atoms with Crippen molar-refractivity contribution in [2.45, 2.75) is 18.8 Å². The van der Waals surface area contributed by atoms with Crippen molar-refractivity contribution < 1.29 is 13.2 Å². The van der Waals surface area contributed by atoms with Gasteiger partial charge in [-0.3, -0.25) is 0 Å². The van der Waals surface area contributed by atoms with Crippen LogP contribution in [-0.2, 0) is 11.8 Å². The zero-order valence-corrected chi connectivity index (χ0v) is 10.9. The molecule has 1 atom stereocenters. The third-order valence-electron chi connectivity index (χ3n) is 2.98. The molecule has 1 unspecified atom stereocenters. The molecule has 5 heteroatoms. The smallest absolute Gasteiger partial charge is 0.194 e. The van der Waals surface area contributed by atoms with Gasteiger partial charge < -0.3 is 0 Å². The summed E-state index contributed by atoms with van der Waals surface area (Å²) in [4.78, 5) is 0.883. The van der Waals surface area contributed by atoms with Gasteiger partial charge in [-0.1, -0.05) is 12.1 Å². The van der Waals surface area contributed by atoms with Crippen molar-refractivity contribution in [1.82, 2.24) is 0 Å². The Bertz CT molecular complexity index is 631. The van der Waals surface area contributed by atoms with E-state index in [-0.39, 0.29) is 12.0 Å². The fourth-order valence-corrected chi connectivity index (χ4v) is 2.77. The molecule has 0 radical (unpaired) electrons. The molecule has 0 saturated carbocycles. The van der Waals surface area contributed by atoms with Crippen molar-refractivity contribution in [3.63, 3.8) is 0 Å². The Morgan fingerprint density at radius 2 is 1.95 bits per heavy atom. The number of halogens is 3. The van der Waals surface area contributed by atoms with E-state index in [2.05, 4.69) is 0 Å². The zero-order chi connectivity index (χ0) is 14.0. The van der Waals surface area contributed by atoms with E-state index in [4.69, 9.17) is 0 Å². The first-order valence-corrected chi connectivity index (χ1v) is 6.43.